The van der Waals surface area contributed by atoms with Crippen molar-refractivity contribution < 1.29 is 9.53 Å². The van der Waals surface area contributed by atoms with Crippen molar-refractivity contribution in [1.29, 1.82) is 0 Å². The fraction of sp³-hybridized carbons (Fsp3) is 0.111. The van der Waals surface area contributed by atoms with E-state index in [0.717, 1.165) is 22.2 Å². The molecule has 28 heavy (non-hydrogen) atoms. The molecule has 0 radical (unpaired) electrons. The Kier molecular flexibility index (Phi) is 4.12. The maximum atomic E-state index is 12.7. The van der Waals surface area contributed by atoms with Gasteiger partial charge in [0.15, 0.2) is 0 Å². The van der Waals surface area contributed by atoms with Gasteiger partial charge in [0.1, 0.15) is 21.1 Å². The number of aromatic amines is 2. The minimum absolute atomic E-state index is 0.0377. The molecule has 4 rings (SSSR count). The van der Waals surface area contributed by atoms with E-state index < -0.39 is 17.2 Å². The maximum Gasteiger partial charge on any atom is 0.326 e. The fourth-order valence-corrected chi connectivity index (χ4v) is 3.88. The zero-order chi connectivity index (χ0) is 20.0. The van der Waals surface area contributed by atoms with Crippen molar-refractivity contribution in [2.45, 2.75) is 6.92 Å². The number of aromatic nitrogens is 3. The number of amides is 1. The molecule has 0 saturated carbocycles. The van der Waals surface area contributed by atoms with Gasteiger partial charge in [-0.3, -0.25) is 14.6 Å². The molecule has 5 N–H and O–H groups in total. The van der Waals surface area contributed by atoms with Crippen molar-refractivity contribution >= 4 is 49.7 Å². The summed E-state index contributed by atoms with van der Waals surface area (Å²) in [6.07, 6.45) is 0. The number of ether oxygens (including phenoxy) is 1. The molecule has 1 amide bonds. The summed E-state index contributed by atoms with van der Waals surface area (Å²) in [7, 11) is 1.58. The number of nitrogens with two attached hydrogens (primary N) is 1. The predicted molar refractivity (Wildman–Crippen MR) is 108 cm³/mol. The van der Waals surface area contributed by atoms with Gasteiger partial charge in [-0.1, -0.05) is 0 Å². The summed E-state index contributed by atoms with van der Waals surface area (Å²) < 4.78 is 5.23. The Morgan fingerprint density at radius 3 is 2.75 bits per heavy atom. The molecule has 142 valence electrons. The molecule has 0 aliphatic rings. The van der Waals surface area contributed by atoms with Gasteiger partial charge >= 0.3 is 5.69 Å². The Hall–Kier alpha value is -3.66. The van der Waals surface area contributed by atoms with Gasteiger partial charge in [0, 0.05) is 16.5 Å². The lowest BCUT2D eigenvalue weighted by Crippen LogP contribution is -2.28. The molecule has 0 bridgehead atoms. The van der Waals surface area contributed by atoms with E-state index in [4.69, 9.17) is 10.5 Å². The number of nitrogens with zero attached hydrogens (tertiary/aromatic N) is 1. The second kappa shape index (κ2) is 6.50. The minimum atomic E-state index is -0.690. The number of benzene rings is 1. The lowest BCUT2D eigenvalue weighted by Gasteiger charge is -2.06. The monoisotopic (exact) mass is 397 g/mol. The van der Waals surface area contributed by atoms with Crippen molar-refractivity contribution in [1.82, 2.24) is 15.0 Å². The molecular formula is C18H15N5O4S. The van der Waals surface area contributed by atoms with Crippen LogP contribution in [0.4, 0.5) is 11.4 Å². The average Bonchev–Trinajstić information content (AvgIpc) is 2.98. The Labute approximate surface area is 161 Å². The lowest BCUT2D eigenvalue weighted by atomic mass is 10.1. The smallest absolute Gasteiger partial charge is 0.326 e. The first-order valence-electron chi connectivity index (χ1n) is 8.18. The van der Waals surface area contributed by atoms with Crippen molar-refractivity contribution in [3.63, 3.8) is 0 Å². The van der Waals surface area contributed by atoms with Crippen LogP contribution in [0.2, 0.25) is 0 Å². The number of methoxy groups -OCH3 is 1. The first-order chi connectivity index (χ1) is 13.4. The molecule has 0 spiro atoms. The molecule has 3 heterocycles. The highest BCUT2D eigenvalue weighted by molar-refractivity contribution is 7.21. The molecule has 9 nitrogen and oxygen atoms in total. The normalized spacial score (nSPS) is 11.1. The number of hydrogen-bond acceptors (Lipinski definition) is 7. The van der Waals surface area contributed by atoms with Crippen LogP contribution in [-0.4, -0.2) is 28.0 Å². The van der Waals surface area contributed by atoms with Crippen molar-refractivity contribution in [2.24, 2.45) is 0 Å². The standard InChI is InChI=1S/C18H15N5O4S/c1-7-13(15(24)23-18(26)20-7)22-16(25)14-12(19)10-6-8-5-9(27-2)3-4-11(8)21-17(10)28-14/h3-6H,19H2,1-2H3,(H,22,25)(H2,20,23,24,26). The Morgan fingerprint density at radius 2 is 2.04 bits per heavy atom. The van der Waals surface area contributed by atoms with Gasteiger partial charge < -0.3 is 20.8 Å². The van der Waals surface area contributed by atoms with Crippen LogP contribution in [0.5, 0.6) is 5.75 Å². The maximum absolute atomic E-state index is 12.7. The number of H-pyrrole nitrogens is 2. The number of nitrogen functional groups attached to an aromatic ring is 1. The molecule has 0 saturated heterocycles. The molecule has 0 fully saturated rings. The molecule has 0 aliphatic heterocycles. The van der Waals surface area contributed by atoms with Gasteiger partial charge in [-0.15, -0.1) is 11.3 Å². The first kappa shape index (κ1) is 17.7. The van der Waals surface area contributed by atoms with Gasteiger partial charge in [0.2, 0.25) is 0 Å². The summed E-state index contributed by atoms with van der Waals surface area (Å²) in [5.41, 5.74) is 6.08. The molecule has 0 aliphatic carbocycles. The summed E-state index contributed by atoms with van der Waals surface area (Å²) >= 11 is 1.13. The number of carbonyl (C=O) groups excluding carboxylic acids is 1. The summed E-state index contributed by atoms with van der Waals surface area (Å²) in [5.74, 6) is 0.135. The summed E-state index contributed by atoms with van der Waals surface area (Å²) in [6.45, 7) is 1.52. The highest BCUT2D eigenvalue weighted by atomic mass is 32.1. The van der Waals surface area contributed by atoms with Crippen molar-refractivity contribution in [3.05, 3.63) is 55.7 Å². The second-order valence-corrected chi connectivity index (χ2v) is 7.11. The largest absolute Gasteiger partial charge is 0.497 e. The number of hydrogen-bond donors (Lipinski definition) is 4. The van der Waals surface area contributed by atoms with Crippen LogP contribution in [0.3, 0.4) is 0 Å². The van der Waals surface area contributed by atoms with Crippen LogP contribution in [0.25, 0.3) is 21.1 Å². The van der Waals surface area contributed by atoms with E-state index in [1.165, 1.54) is 6.92 Å². The molecule has 1 aromatic carbocycles. The van der Waals surface area contributed by atoms with E-state index in [1.807, 2.05) is 18.2 Å². The van der Waals surface area contributed by atoms with Gasteiger partial charge in [0.05, 0.1) is 18.3 Å². The van der Waals surface area contributed by atoms with Crippen LogP contribution in [0.15, 0.2) is 33.9 Å². The Bertz CT molecular complexity index is 1370. The lowest BCUT2D eigenvalue weighted by molar-refractivity contribution is 0.103. The fourth-order valence-electron chi connectivity index (χ4n) is 2.90. The SMILES string of the molecule is COc1ccc2nc3sc(C(=O)Nc4c(C)[nH]c(=O)[nH]c4=O)c(N)c3cc2c1. The molecule has 4 aromatic rings. The average molecular weight is 397 g/mol. The number of pyridine rings is 1. The predicted octanol–water partition coefficient (Wildman–Crippen LogP) is 1.98. The third-order valence-corrected chi connectivity index (χ3v) is 5.41. The highest BCUT2D eigenvalue weighted by Crippen LogP contribution is 2.35. The zero-order valence-electron chi connectivity index (χ0n) is 14.9. The van der Waals surface area contributed by atoms with Crippen LogP contribution < -0.4 is 27.0 Å². The van der Waals surface area contributed by atoms with E-state index >= 15 is 0 Å². The highest BCUT2D eigenvalue weighted by Gasteiger charge is 2.20. The second-order valence-electron chi connectivity index (χ2n) is 6.11. The van der Waals surface area contributed by atoms with E-state index in [1.54, 1.807) is 13.2 Å². The van der Waals surface area contributed by atoms with Crippen LogP contribution in [-0.2, 0) is 0 Å². The summed E-state index contributed by atoms with van der Waals surface area (Å²) in [5, 5.41) is 3.98. The Balaban J connectivity index is 1.79. The third-order valence-electron chi connectivity index (χ3n) is 4.30. The molecular weight excluding hydrogens is 382 g/mol. The van der Waals surface area contributed by atoms with Crippen LogP contribution in [0, 0.1) is 6.92 Å². The molecule has 3 aromatic heterocycles. The molecule has 0 atom stereocenters. The number of rotatable bonds is 3. The number of fused-ring (bicyclic) bond motifs is 2. The van der Waals surface area contributed by atoms with Crippen LogP contribution in [0.1, 0.15) is 15.4 Å². The van der Waals surface area contributed by atoms with E-state index in [-0.39, 0.29) is 21.9 Å². The van der Waals surface area contributed by atoms with E-state index in [9.17, 15) is 14.4 Å². The number of thiophene rings is 1. The topological polar surface area (TPSA) is 143 Å². The zero-order valence-corrected chi connectivity index (χ0v) is 15.7. The van der Waals surface area contributed by atoms with Crippen molar-refractivity contribution in [3.8, 4) is 5.75 Å². The summed E-state index contributed by atoms with van der Waals surface area (Å²) in [6, 6.07) is 7.31. The van der Waals surface area contributed by atoms with Gasteiger partial charge in [-0.05, 0) is 31.2 Å². The van der Waals surface area contributed by atoms with E-state index in [0.29, 0.717) is 16.0 Å². The van der Waals surface area contributed by atoms with Crippen LogP contribution >= 0.6 is 11.3 Å². The minimum Gasteiger partial charge on any atom is -0.497 e. The number of aryl methyl sites for hydroxylation is 1. The molecule has 10 heteroatoms. The molecule has 0 unspecified atom stereocenters. The van der Waals surface area contributed by atoms with Crippen molar-refractivity contribution in [2.75, 3.05) is 18.2 Å². The number of nitrogens with one attached hydrogen (secondary N) is 3. The number of carbonyl (C=O) groups is 1. The summed E-state index contributed by atoms with van der Waals surface area (Å²) in [4.78, 5) is 45.9. The Morgan fingerprint density at radius 1 is 1.25 bits per heavy atom. The van der Waals surface area contributed by atoms with Gasteiger partial charge in [0.25, 0.3) is 11.5 Å². The number of anilines is 2. The van der Waals surface area contributed by atoms with Gasteiger partial charge in [-0.2, -0.15) is 0 Å². The van der Waals surface area contributed by atoms with E-state index in [2.05, 4.69) is 20.3 Å². The third kappa shape index (κ3) is 2.89. The van der Waals surface area contributed by atoms with Gasteiger partial charge in [-0.25, -0.2) is 9.78 Å². The first-order valence-corrected chi connectivity index (χ1v) is 9.00. The quantitative estimate of drug-likeness (QED) is 0.416.